The zero-order valence-electron chi connectivity index (χ0n) is 12.2. The molecule has 0 radical (unpaired) electrons. The van der Waals surface area contributed by atoms with E-state index in [4.69, 9.17) is 9.47 Å². The molecule has 0 unspecified atom stereocenters. The van der Waals surface area contributed by atoms with E-state index in [2.05, 4.69) is 5.32 Å². The van der Waals surface area contributed by atoms with Gasteiger partial charge in [-0.05, 0) is 46.5 Å². The van der Waals surface area contributed by atoms with Crippen LogP contribution in [-0.4, -0.2) is 23.9 Å². The largest absolute Gasteiger partial charge is 0.446 e. The first-order valence-electron chi connectivity index (χ1n) is 7.07. The molecule has 0 aromatic carbocycles. The molecule has 1 rings (SSSR count). The number of ether oxygens (including phenoxy) is 2. The molecule has 5 nitrogen and oxygen atoms in total. The summed E-state index contributed by atoms with van der Waals surface area (Å²) >= 11 is 0. The number of hydrogen-bond acceptors (Lipinski definition) is 4. The Labute approximate surface area is 115 Å². The fourth-order valence-corrected chi connectivity index (χ4v) is 2.10. The van der Waals surface area contributed by atoms with Crippen LogP contribution in [0.4, 0.5) is 9.59 Å². The first-order valence-corrected chi connectivity index (χ1v) is 7.07. The molecule has 1 aliphatic rings. The highest BCUT2D eigenvalue weighted by Gasteiger charge is 2.21. The zero-order chi connectivity index (χ0) is 14.3. The van der Waals surface area contributed by atoms with Crippen LogP contribution < -0.4 is 5.32 Å². The van der Waals surface area contributed by atoms with Gasteiger partial charge in [0, 0.05) is 0 Å². The van der Waals surface area contributed by atoms with Crippen molar-refractivity contribution < 1.29 is 19.1 Å². The minimum Gasteiger partial charge on any atom is -0.446 e. The lowest BCUT2D eigenvalue weighted by atomic mass is 9.99. The van der Waals surface area contributed by atoms with E-state index in [1.807, 2.05) is 0 Å². The molecular formula is C14H25NO4. The summed E-state index contributed by atoms with van der Waals surface area (Å²) in [5.41, 5.74) is -0.620. The Hall–Kier alpha value is -1.26. The Balaban J connectivity index is 2.31. The van der Waals surface area contributed by atoms with Crippen LogP contribution in [0.25, 0.3) is 0 Å². The van der Waals surface area contributed by atoms with Crippen LogP contribution in [0, 0.1) is 0 Å². The molecule has 1 saturated carbocycles. The monoisotopic (exact) mass is 271 g/mol. The van der Waals surface area contributed by atoms with E-state index in [0.717, 1.165) is 25.7 Å². The number of carbonyl (C=O) groups is 2. The average molecular weight is 271 g/mol. The average Bonchev–Trinajstić information content (AvgIpc) is 2.18. The van der Waals surface area contributed by atoms with Crippen molar-refractivity contribution >= 4 is 12.2 Å². The molecule has 0 atom stereocenters. The van der Waals surface area contributed by atoms with Gasteiger partial charge in [0.05, 0.1) is 0 Å². The molecular weight excluding hydrogens is 246 g/mol. The quantitative estimate of drug-likeness (QED) is 0.788. The van der Waals surface area contributed by atoms with Gasteiger partial charge < -0.3 is 9.47 Å². The summed E-state index contributed by atoms with van der Waals surface area (Å²) in [7, 11) is 0. The Morgan fingerprint density at radius 2 is 1.47 bits per heavy atom. The van der Waals surface area contributed by atoms with E-state index in [1.54, 1.807) is 20.8 Å². The summed E-state index contributed by atoms with van der Waals surface area (Å²) in [5.74, 6) is 0. The molecule has 0 aromatic rings. The Morgan fingerprint density at radius 1 is 0.947 bits per heavy atom. The van der Waals surface area contributed by atoms with Gasteiger partial charge in [-0.25, -0.2) is 14.9 Å². The van der Waals surface area contributed by atoms with Crippen molar-refractivity contribution in [1.29, 1.82) is 0 Å². The highest BCUT2D eigenvalue weighted by atomic mass is 16.6. The van der Waals surface area contributed by atoms with Crippen molar-refractivity contribution in [3.8, 4) is 0 Å². The van der Waals surface area contributed by atoms with Gasteiger partial charge in [0.2, 0.25) is 0 Å². The number of imide groups is 1. The van der Waals surface area contributed by atoms with Crippen LogP contribution in [0.2, 0.25) is 0 Å². The Morgan fingerprint density at radius 3 is 2.00 bits per heavy atom. The second-order valence-electron chi connectivity index (χ2n) is 6.00. The number of amides is 2. The third-order valence-electron chi connectivity index (χ3n) is 2.93. The van der Waals surface area contributed by atoms with E-state index < -0.39 is 17.8 Å². The van der Waals surface area contributed by atoms with Crippen LogP contribution in [0.1, 0.15) is 65.7 Å². The van der Waals surface area contributed by atoms with Gasteiger partial charge in [0.25, 0.3) is 0 Å². The minimum absolute atomic E-state index is 0.0808. The Kier molecular flexibility index (Phi) is 6.12. The fraction of sp³-hybridized carbons (Fsp3) is 0.857. The number of alkyl carbamates (subject to hydrolysis) is 2. The zero-order valence-corrected chi connectivity index (χ0v) is 12.2. The van der Waals surface area contributed by atoms with Crippen molar-refractivity contribution in [2.75, 3.05) is 0 Å². The fourth-order valence-electron chi connectivity index (χ4n) is 2.10. The molecule has 5 heteroatoms. The maximum atomic E-state index is 11.6. The van der Waals surface area contributed by atoms with Gasteiger partial charge in [-0.1, -0.05) is 19.3 Å². The normalized spacial score (nSPS) is 18.1. The van der Waals surface area contributed by atoms with E-state index >= 15 is 0 Å². The lowest BCUT2D eigenvalue weighted by Gasteiger charge is -2.22. The van der Waals surface area contributed by atoms with Gasteiger partial charge >= 0.3 is 12.2 Å². The van der Waals surface area contributed by atoms with Gasteiger partial charge in [-0.2, -0.15) is 0 Å². The summed E-state index contributed by atoms with van der Waals surface area (Å²) in [6.07, 6.45) is 5.99. The lowest BCUT2D eigenvalue weighted by molar-refractivity contribution is 0.0449. The predicted octanol–water partition coefficient (Wildman–Crippen LogP) is 3.76. The van der Waals surface area contributed by atoms with Gasteiger partial charge in [0.1, 0.15) is 11.7 Å². The smallest absolute Gasteiger partial charge is 0.417 e. The molecule has 0 heterocycles. The van der Waals surface area contributed by atoms with Crippen LogP contribution in [0.15, 0.2) is 0 Å². The van der Waals surface area contributed by atoms with Gasteiger partial charge in [-0.3, -0.25) is 0 Å². The minimum atomic E-state index is -0.761. The standard InChI is InChI=1S/C14H25NO4/c1-14(2,3)19-13(17)15-12(16)18-11-9-7-5-4-6-8-10-11/h11H,4-10H2,1-3H3,(H,15,16,17). The summed E-state index contributed by atoms with van der Waals surface area (Å²) in [6.45, 7) is 5.23. The first kappa shape index (κ1) is 15.8. The van der Waals surface area contributed by atoms with Crippen molar-refractivity contribution in [1.82, 2.24) is 5.32 Å². The summed E-state index contributed by atoms with van der Waals surface area (Å²) in [4.78, 5) is 23.0. The molecule has 1 aliphatic carbocycles. The second kappa shape index (κ2) is 7.36. The van der Waals surface area contributed by atoms with E-state index in [0.29, 0.717) is 0 Å². The predicted molar refractivity (Wildman–Crippen MR) is 72.0 cm³/mol. The Bertz CT molecular complexity index is 301. The van der Waals surface area contributed by atoms with Crippen LogP contribution in [0.3, 0.4) is 0 Å². The van der Waals surface area contributed by atoms with Crippen LogP contribution in [0.5, 0.6) is 0 Å². The molecule has 1 fully saturated rings. The molecule has 0 aromatic heterocycles. The molecule has 0 bridgehead atoms. The third-order valence-corrected chi connectivity index (χ3v) is 2.93. The maximum Gasteiger partial charge on any atom is 0.417 e. The topological polar surface area (TPSA) is 64.6 Å². The van der Waals surface area contributed by atoms with Crippen LogP contribution >= 0.6 is 0 Å². The van der Waals surface area contributed by atoms with E-state index in [-0.39, 0.29) is 6.10 Å². The highest BCUT2D eigenvalue weighted by Crippen LogP contribution is 2.19. The van der Waals surface area contributed by atoms with Crippen molar-refractivity contribution in [2.24, 2.45) is 0 Å². The molecule has 0 aliphatic heterocycles. The molecule has 19 heavy (non-hydrogen) atoms. The SMILES string of the molecule is CC(C)(C)OC(=O)NC(=O)OC1CCCCCCC1. The van der Waals surface area contributed by atoms with Crippen molar-refractivity contribution in [2.45, 2.75) is 77.4 Å². The van der Waals surface area contributed by atoms with Crippen molar-refractivity contribution in [3.63, 3.8) is 0 Å². The van der Waals surface area contributed by atoms with Gasteiger partial charge in [-0.15, -0.1) is 0 Å². The second-order valence-corrected chi connectivity index (χ2v) is 6.00. The molecule has 2 amide bonds. The summed E-state index contributed by atoms with van der Waals surface area (Å²) in [5, 5.41) is 2.10. The molecule has 0 saturated heterocycles. The molecule has 110 valence electrons. The number of nitrogens with one attached hydrogen (secondary N) is 1. The summed E-state index contributed by atoms with van der Waals surface area (Å²) in [6, 6.07) is 0. The molecule has 1 N–H and O–H groups in total. The van der Waals surface area contributed by atoms with Gasteiger partial charge in [0.15, 0.2) is 0 Å². The highest BCUT2D eigenvalue weighted by molar-refractivity contribution is 5.87. The number of carbonyl (C=O) groups excluding carboxylic acids is 2. The maximum absolute atomic E-state index is 11.6. The number of rotatable bonds is 1. The lowest BCUT2D eigenvalue weighted by Crippen LogP contribution is -2.38. The third kappa shape index (κ3) is 7.70. The van der Waals surface area contributed by atoms with Crippen molar-refractivity contribution in [3.05, 3.63) is 0 Å². The van der Waals surface area contributed by atoms with Crippen LogP contribution in [-0.2, 0) is 9.47 Å². The van der Waals surface area contributed by atoms with E-state index in [9.17, 15) is 9.59 Å². The number of hydrogen-bond donors (Lipinski definition) is 1. The van der Waals surface area contributed by atoms with E-state index in [1.165, 1.54) is 19.3 Å². The summed E-state index contributed by atoms with van der Waals surface area (Å²) < 4.78 is 10.3. The molecule has 0 spiro atoms. The first-order chi connectivity index (χ1) is 8.87.